The van der Waals surface area contributed by atoms with Gasteiger partial charge in [0.2, 0.25) is 10.0 Å². The van der Waals surface area contributed by atoms with E-state index in [1.807, 2.05) is 24.4 Å². The molecule has 1 unspecified atom stereocenters. The standard InChI is InChI=1S/C14H16ClNO3S2/c1-10(8-11-4-3-7-20-11)16-21(17,18)12-5-6-14(19-2)13(15)9-12/h3-7,9-10,16H,8H2,1-2H3. The van der Waals surface area contributed by atoms with Gasteiger partial charge in [0.05, 0.1) is 17.0 Å². The van der Waals surface area contributed by atoms with E-state index >= 15 is 0 Å². The number of rotatable bonds is 6. The van der Waals surface area contributed by atoms with Crippen LogP contribution in [0.1, 0.15) is 11.8 Å². The highest BCUT2D eigenvalue weighted by atomic mass is 35.5. The molecule has 1 atom stereocenters. The van der Waals surface area contributed by atoms with E-state index in [1.54, 1.807) is 17.4 Å². The number of hydrogen-bond donors (Lipinski definition) is 1. The summed E-state index contributed by atoms with van der Waals surface area (Å²) in [7, 11) is -2.11. The van der Waals surface area contributed by atoms with Gasteiger partial charge in [-0.2, -0.15) is 0 Å². The van der Waals surface area contributed by atoms with Crippen LogP contribution in [-0.2, 0) is 16.4 Å². The summed E-state index contributed by atoms with van der Waals surface area (Å²) in [4.78, 5) is 1.27. The molecule has 2 aromatic rings. The van der Waals surface area contributed by atoms with Crippen molar-refractivity contribution in [3.63, 3.8) is 0 Å². The molecule has 0 aliphatic rings. The predicted octanol–water partition coefficient (Wildman–Crippen LogP) is 3.32. The van der Waals surface area contributed by atoms with E-state index in [0.717, 1.165) is 4.88 Å². The molecule has 1 aromatic heterocycles. The Bertz CT molecular complexity index is 699. The van der Waals surface area contributed by atoms with Gasteiger partial charge in [-0.05, 0) is 43.0 Å². The topological polar surface area (TPSA) is 55.4 Å². The van der Waals surface area contributed by atoms with E-state index < -0.39 is 10.0 Å². The van der Waals surface area contributed by atoms with Gasteiger partial charge in [-0.3, -0.25) is 0 Å². The summed E-state index contributed by atoms with van der Waals surface area (Å²) in [5.41, 5.74) is 0. The Morgan fingerprint density at radius 1 is 1.38 bits per heavy atom. The van der Waals surface area contributed by atoms with Gasteiger partial charge in [0.25, 0.3) is 0 Å². The second-order valence-corrected chi connectivity index (χ2v) is 7.76. The van der Waals surface area contributed by atoms with Crippen molar-refractivity contribution in [2.24, 2.45) is 0 Å². The average molecular weight is 346 g/mol. The SMILES string of the molecule is COc1ccc(S(=O)(=O)NC(C)Cc2cccs2)cc1Cl. The molecule has 7 heteroatoms. The summed E-state index contributed by atoms with van der Waals surface area (Å²) in [5, 5.41) is 2.24. The van der Waals surface area contributed by atoms with Gasteiger partial charge in [-0.15, -0.1) is 11.3 Å². The molecule has 0 fully saturated rings. The zero-order valence-electron chi connectivity index (χ0n) is 11.7. The minimum absolute atomic E-state index is 0.131. The molecule has 114 valence electrons. The number of sulfonamides is 1. The van der Waals surface area contributed by atoms with Crippen LogP contribution in [0.3, 0.4) is 0 Å². The van der Waals surface area contributed by atoms with E-state index in [0.29, 0.717) is 12.2 Å². The molecule has 0 aliphatic heterocycles. The summed E-state index contributed by atoms with van der Waals surface area (Å²) in [6.07, 6.45) is 0.654. The third-order valence-corrected chi connectivity index (χ3v) is 5.66. The molecule has 1 heterocycles. The molecule has 0 spiro atoms. The molecule has 0 radical (unpaired) electrons. The Kier molecular flexibility index (Phi) is 5.27. The van der Waals surface area contributed by atoms with Gasteiger partial charge in [0.15, 0.2) is 0 Å². The van der Waals surface area contributed by atoms with Crippen molar-refractivity contribution >= 4 is 33.0 Å². The third kappa shape index (κ3) is 4.20. The monoisotopic (exact) mass is 345 g/mol. The van der Waals surface area contributed by atoms with Crippen LogP contribution in [0, 0.1) is 0 Å². The van der Waals surface area contributed by atoms with Crippen molar-refractivity contribution in [3.05, 3.63) is 45.6 Å². The first kappa shape index (κ1) is 16.3. The van der Waals surface area contributed by atoms with Gasteiger partial charge < -0.3 is 4.74 Å². The maximum atomic E-state index is 12.3. The zero-order valence-corrected chi connectivity index (χ0v) is 14.1. The van der Waals surface area contributed by atoms with Crippen LogP contribution in [0.25, 0.3) is 0 Å². The molecule has 4 nitrogen and oxygen atoms in total. The van der Waals surface area contributed by atoms with E-state index in [9.17, 15) is 8.42 Å². The second kappa shape index (κ2) is 6.79. The summed E-state index contributed by atoms with van der Waals surface area (Å²) < 4.78 is 32.3. The molecule has 0 aliphatic carbocycles. The van der Waals surface area contributed by atoms with Crippen LogP contribution in [0.4, 0.5) is 0 Å². The molecule has 21 heavy (non-hydrogen) atoms. The van der Waals surface area contributed by atoms with Gasteiger partial charge in [0.1, 0.15) is 5.75 Å². The lowest BCUT2D eigenvalue weighted by Crippen LogP contribution is -2.33. The van der Waals surface area contributed by atoms with Gasteiger partial charge in [-0.25, -0.2) is 13.1 Å². The lowest BCUT2D eigenvalue weighted by atomic mass is 10.2. The summed E-state index contributed by atoms with van der Waals surface area (Å²) >= 11 is 7.58. The van der Waals surface area contributed by atoms with E-state index in [2.05, 4.69) is 4.72 Å². The summed E-state index contributed by atoms with van der Waals surface area (Å²) in [6, 6.07) is 8.14. The first-order chi connectivity index (χ1) is 9.92. The Labute approximate surface area is 133 Å². The number of hydrogen-bond acceptors (Lipinski definition) is 4. The smallest absolute Gasteiger partial charge is 0.240 e. The molecule has 0 amide bonds. The zero-order chi connectivity index (χ0) is 15.5. The maximum Gasteiger partial charge on any atom is 0.240 e. The fraction of sp³-hybridized carbons (Fsp3) is 0.286. The second-order valence-electron chi connectivity index (χ2n) is 4.60. The molecule has 0 bridgehead atoms. The predicted molar refractivity (Wildman–Crippen MR) is 85.8 cm³/mol. The highest BCUT2D eigenvalue weighted by Crippen LogP contribution is 2.27. The molecular formula is C14H16ClNO3S2. The minimum Gasteiger partial charge on any atom is -0.495 e. The summed E-state index contributed by atoms with van der Waals surface area (Å²) in [6.45, 7) is 1.84. The molecular weight excluding hydrogens is 330 g/mol. The molecule has 2 rings (SSSR count). The highest BCUT2D eigenvalue weighted by molar-refractivity contribution is 7.89. The molecule has 1 aromatic carbocycles. The van der Waals surface area contributed by atoms with Crippen LogP contribution in [0.2, 0.25) is 5.02 Å². The fourth-order valence-corrected chi connectivity index (χ4v) is 4.35. The van der Waals surface area contributed by atoms with Crippen LogP contribution in [-0.4, -0.2) is 21.6 Å². The first-order valence-electron chi connectivity index (χ1n) is 6.30. The van der Waals surface area contributed by atoms with E-state index in [1.165, 1.54) is 19.2 Å². The van der Waals surface area contributed by atoms with Crippen molar-refractivity contribution in [3.8, 4) is 5.75 Å². The van der Waals surface area contributed by atoms with Crippen molar-refractivity contribution in [1.82, 2.24) is 4.72 Å². The highest BCUT2D eigenvalue weighted by Gasteiger charge is 2.19. The fourth-order valence-electron chi connectivity index (χ4n) is 1.92. The Morgan fingerprint density at radius 2 is 2.14 bits per heavy atom. The van der Waals surface area contributed by atoms with Crippen LogP contribution in [0.5, 0.6) is 5.75 Å². The van der Waals surface area contributed by atoms with E-state index in [-0.39, 0.29) is 16.0 Å². The quantitative estimate of drug-likeness (QED) is 0.873. The number of nitrogens with one attached hydrogen (secondary N) is 1. The number of ether oxygens (including phenoxy) is 1. The van der Waals surface area contributed by atoms with Crippen molar-refractivity contribution in [1.29, 1.82) is 0 Å². The van der Waals surface area contributed by atoms with Gasteiger partial charge >= 0.3 is 0 Å². The number of thiophene rings is 1. The van der Waals surface area contributed by atoms with E-state index in [4.69, 9.17) is 16.3 Å². The lowest BCUT2D eigenvalue weighted by Gasteiger charge is -2.14. The summed E-state index contributed by atoms with van der Waals surface area (Å²) in [5.74, 6) is 0.447. The van der Waals surface area contributed by atoms with Gasteiger partial charge in [-0.1, -0.05) is 17.7 Å². The Balaban J connectivity index is 2.12. The van der Waals surface area contributed by atoms with Crippen molar-refractivity contribution in [2.75, 3.05) is 7.11 Å². The van der Waals surface area contributed by atoms with Crippen LogP contribution >= 0.6 is 22.9 Å². The molecule has 0 saturated carbocycles. The van der Waals surface area contributed by atoms with Gasteiger partial charge in [0, 0.05) is 10.9 Å². The lowest BCUT2D eigenvalue weighted by molar-refractivity contribution is 0.414. The largest absolute Gasteiger partial charge is 0.495 e. The third-order valence-electron chi connectivity index (χ3n) is 2.88. The van der Waals surface area contributed by atoms with Crippen LogP contribution < -0.4 is 9.46 Å². The van der Waals surface area contributed by atoms with Crippen molar-refractivity contribution in [2.45, 2.75) is 24.3 Å². The number of benzene rings is 1. The Morgan fingerprint density at radius 3 is 2.71 bits per heavy atom. The first-order valence-corrected chi connectivity index (χ1v) is 9.04. The minimum atomic E-state index is -3.60. The van der Waals surface area contributed by atoms with Crippen LogP contribution in [0.15, 0.2) is 40.6 Å². The maximum absolute atomic E-state index is 12.3. The number of methoxy groups -OCH3 is 1. The van der Waals surface area contributed by atoms with Crippen molar-refractivity contribution < 1.29 is 13.2 Å². The number of halogens is 1. The Hall–Kier alpha value is -1.08. The molecule has 1 N–H and O–H groups in total. The average Bonchev–Trinajstić information content (AvgIpc) is 2.90. The molecule has 0 saturated heterocycles. The normalized spacial score (nSPS) is 13.1.